The second-order valence-electron chi connectivity index (χ2n) is 7.76. The van der Waals surface area contributed by atoms with Crippen LogP contribution in [0, 0.1) is 0 Å². The van der Waals surface area contributed by atoms with E-state index >= 15 is 0 Å². The quantitative estimate of drug-likeness (QED) is 0.0538. The van der Waals surface area contributed by atoms with E-state index in [-0.39, 0.29) is 9.97 Å². The number of primary amides is 1. The molecule has 2 unspecified atom stereocenters. The van der Waals surface area contributed by atoms with Crippen molar-refractivity contribution in [2.75, 3.05) is 6.61 Å². The molecule has 0 bridgehead atoms. The molecule has 0 aliphatic heterocycles. The highest BCUT2D eigenvalue weighted by molar-refractivity contribution is 14.1. The lowest BCUT2D eigenvalue weighted by atomic mass is 10.0. The van der Waals surface area contributed by atoms with Gasteiger partial charge in [-0.1, -0.05) is 111 Å². The monoisotopic (exact) mass is 528 g/mol. The van der Waals surface area contributed by atoms with Crippen LogP contribution in [0.3, 0.4) is 0 Å². The fraction of sp³-hybridized carbons (Fsp3) is 0.696. The Morgan fingerprint density at radius 3 is 2.27 bits per heavy atom. The van der Waals surface area contributed by atoms with Gasteiger partial charge in [0.1, 0.15) is 5.75 Å². The van der Waals surface area contributed by atoms with Gasteiger partial charge < -0.3 is 10.5 Å². The van der Waals surface area contributed by atoms with Crippen LogP contribution in [-0.4, -0.2) is 22.5 Å². The van der Waals surface area contributed by atoms with E-state index in [2.05, 4.69) is 39.5 Å². The number of alkyl halides is 1. The zero-order valence-electron chi connectivity index (χ0n) is 18.3. The van der Waals surface area contributed by atoms with Crippen LogP contribution in [0.4, 0.5) is 0 Å². The average Bonchev–Trinajstić information content (AvgIpc) is 2.74. The number of azide groups is 1. The number of ether oxygens (including phenoxy) is 1. The maximum Gasteiger partial charge on any atom is 0.252 e. The number of hydrogen-bond donors (Lipinski definition) is 1. The Bertz CT molecular complexity index is 650. The highest BCUT2D eigenvalue weighted by Crippen LogP contribution is 2.23. The van der Waals surface area contributed by atoms with Crippen molar-refractivity contribution in [1.82, 2.24) is 0 Å². The summed E-state index contributed by atoms with van der Waals surface area (Å²) in [5, 5.41) is 4.01. The van der Waals surface area contributed by atoms with Gasteiger partial charge in [-0.05, 0) is 30.5 Å². The Balaban J connectivity index is 2.25. The molecule has 0 fully saturated rings. The molecule has 1 amide bonds. The lowest BCUT2D eigenvalue weighted by molar-refractivity contribution is 0.0996. The summed E-state index contributed by atoms with van der Waals surface area (Å²) < 4.78 is 5.95. The summed E-state index contributed by atoms with van der Waals surface area (Å²) >= 11 is 2.35. The Labute approximate surface area is 195 Å². The topological polar surface area (TPSA) is 101 Å². The number of halogens is 1. The fourth-order valence-electron chi connectivity index (χ4n) is 3.49. The molecule has 0 saturated carbocycles. The van der Waals surface area contributed by atoms with E-state index in [9.17, 15) is 4.79 Å². The molecule has 0 radical (unpaired) electrons. The van der Waals surface area contributed by atoms with Crippen LogP contribution in [0.1, 0.15) is 94.3 Å². The third-order valence-corrected chi connectivity index (χ3v) is 6.73. The van der Waals surface area contributed by atoms with Gasteiger partial charge in [0.25, 0.3) is 5.91 Å². The standard InChI is InChI=1S/C23H37IN4O2/c1-2-3-4-5-6-7-8-9-10-11-15-21(27-28-26)20(24)17-18-30-22-16-13-12-14-19(22)23(25)29/h12-14,16,20-21H,2-11,15,17-18H2,1H3,(H2,25,29). The van der Waals surface area contributed by atoms with E-state index in [1.54, 1.807) is 18.2 Å². The van der Waals surface area contributed by atoms with E-state index < -0.39 is 5.91 Å². The summed E-state index contributed by atoms with van der Waals surface area (Å²) in [7, 11) is 0. The molecule has 0 aromatic heterocycles. The number of benzene rings is 1. The first kappa shape index (κ1) is 26.6. The molecule has 1 aromatic rings. The minimum absolute atomic E-state index is 0.0281. The van der Waals surface area contributed by atoms with Crippen LogP contribution in [0.15, 0.2) is 29.4 Å². The van der Waals surface area contributed by atoms with Crippen molar-refractivity contribution in [3.8, 4) is 5.75 Å². The number of carbonyl (C=O) groups is 1. The Morgan fingerprint density at radius 2 is 1.67 bits per heavy atom. The summed E-state index contributed by atoms with van der Waals surface area (Å²) in [6.45, 7) is 2.70. The molecular weight excluding hydrogens is 491 g/mol. The number of amides is 1. The minimum atomic E-state index is -0.496. The predicted molar refractivity (Wildman–Crippen MR) is 132 cm³/mol. The smallest absolute Gasteiger partial charge is 0.252 e. The van der Waals surface area contributed by atoms with Crippen molar-refractivity contribution in [3.63, 3.8) is 0 Å². The number of unbranched alkanes of at least 4 members (excludes halogenated alkanes) is 9. The van der Waals surface area contributed by atoms with E-state index in [0.29, 0.717) is 17.9 Å². The number of carbonyl (C=O) groups excluding carboxylic acids is 1. The maximum atomic E-state index is 11.5. The molecular formula is C23H37IN4O2. The van der Waals surface area contributed by atoms with Crippen molar-refractivity contribution in [3.05, 3.63) is 40.3 Å². The molecule has 0 saturated heterocycles. The summed E-state index contributed by atoms with van der Waals surface area (Å²) in [5.41, 5.74) is 14.7. The average molecular weight is 528 g/mol. The highest BCUT2D eigenvalue weighted by atomic mass is 127. The molecule has 0 heterocycles. The maximum absolute atomic E-state index is 11.5. The minimum Gasteiger partial charge on any atom is -0.493 e. The van der Waals surface area contributed by atoms with Gasteiger partial charge in [-0.25, -0.2) is 0 Å². The molecule has 0 aliphatic rings. The summed E-state index contributed by atoms with van der Waals surface area (Å²) in [6.07, 6.45) is 14.6. The number of rotatable bonds is 18. The molecule has 168 valence electrons. The van der Waals surface area contributed by atoms with E-state index in [1.807, 2.05) is 6.07 Å². The van der Waals surface area contributed by atoms with E-state index in [0.717, 1.165) is 19.3 Å². The van der Waals surface area contributed by atoms with Crippen molar-refractivity contribution in [1.29, 1.82) is 0 Å². The number of para-hydroxylation sites is 1. The Hall–Kier alpha value is -1.47. The summed E-state index contributed by atoms with van der Waals surface area (Å²) in [5.74, 6) is 0.00756. The molecule has 7 heteroatoms. The normalized spacial score (nSPS) is 12.7. The largest absolute Gasteiger partial charge is 0.493 e. The molecule has 30 heavy (non-hydrogen) atoms. The van der Waals surface area contributed by atoms with Crippen molar-refractivity contribution >= 4 is 28.5 Å². The lowest BCUT2D eigenvalue weighted by Gasteiger charge is -2.18. The van der Waals surface area contributed by atoms with Gasteiger partial charge in [0, 0.05) is 14.9 Å². The zero-order chi connectivity index (χ0) is 22.0. The molecule has 2 atom stereocenters. The third kappa shape index (κ3) is 11.6. The van der Waals surface area contributed by atoms with Gasteiger partial charge in [-0.3, -0.25) is 4.79 Å². The molecule has 1 rings (SSSR count). The van der Waals surface area contributed by atoms with Gasteiger partial charge >= 0.3 is 0 Å². The van der Waals surface area contributed by atoms with Gasteiger partial charge in [0.15, 0.2) is 0 Å². The van der Waals surface area contributed by atoms with Gasteiger partial charge in [-0.2, -0.15) is 0 Å². The van der Waals surface area contributed by atoms with Crippen LogP contribution in [-0.2, 0) is 0 Å². The van der Waals surface area contributed by atoms with Crippen LogP contribution in [0.2, 0.25) is 0 Å². The van der Waals surface area contributed by atoms with Crippen LogP contribution in [0.25, 0.3) is 10.4 Å². The molecule has 0 aliphatic carbocycles. The first-order chi connectivity index (χ1) is 14.6. The van der Waals surface area contributed by atoms with E-state index in [4.69, 9.17) is 16.0 Å². The molecule has 2 N–H and O–H groups in total. The van der Waals surface area contributed by atoms with Crippen molar-refractivity contribution < 1.29 is 9.53 Å². The van der Waals surface area contributed by atoms with Crippen LogP contribution < -0.4 is 10.5 Å². The molecule has 0 spiro atoms. The summed E-state index contributed by atoms with van der Waals surface area (Å²) in [6, 6.07) is 6.96. The fourth-order valence-corrected chi connectivity index (χ4v) is 4.25. The second kappa shape index (κ2) is 17.2. The van der Waals surface area contributed by atoms with Gasteiger partial charge in [0.05, 0.1) is 12.2 Å². The molecule has 6 nitrogen and oxygen atoms in total. The Kier molecular flexibility index (Phi) is 15.3. The first-order valence-electron chi connectivity index (χ1n) is 11.3. The third-order valence-electron chi connectivity index (χ3n) is 5.27. The predicted octanol–water partition coefficient (Wildman–Crippen LogP) is 7.35. The first-order valence-corrected chi connectivity index (χ1v) is 12.5. The van der Waals surface area contributed by atoms with Crippen LogP contribution in [0.5, 0.6) is 5.75 Å². The zero-order valence-corrected chi connectivity index (χ0v) is 20.4. The van der Waals surface area contributed by atoms with Gasteiger partial charge in [-0.15, -0.1) is 0 Å². The van der Waals surface area contributed by atoms with Crippen molar-refractivity contribution in [2.24, 2.45) is 10.8 Å². The van der Waals surface area contributed by atoms with Crippen molar-refractivity contribution in [2.45, 2.75) is 93.9 Å². The van der Waals surface area contributed by atoms with E-state index in [1.165, 1.54) is 57.8 Å². The number of hydrogen-bond acceptors (Lipinski definition) is 3. The SMILES string of the molecule is CCCCCCCCCCCCC(N=[N+]=[N-])C(I)CCOc1ccccc1C(N)=O. The summed E-state index contributed by atoms with van der Waals surface area (Å²) in [4.78, 5) is 14.5. The number of nitrogens with two attached hydrogens (primary N) is 1. The second-order valence-corrected chi connectivity index (χ2v) is 9.36. The highest BCUT2D eigenvalue weighted by Gasteiger charge is 2.18. The molecule has 1 aromatic carbocycles. The van der Waals surface area contributed by atoms with Gasteiger partial charge in [0.2, 0.25) is 0 Å². The number of nitrogens with zero attached hydrogens (tertiary/aromatic N) is 3. The van der Waals surface area contributed by atoms with Crippen LogP contribution >= 0.6 is 22.6 Å². The lowest BCUT2D eigenvalue weighted by Crippen LogP contribution is -2.21. The Morgan fingerprint density at radius 1 is 1.07 bits per heavy atom.